The molecule has 3 nitrogen and oxygen atoms in total. The minimum atomic E-state index is 0.185. The molecule has 0 amide bonds. The fraction of sp³-hybridized carbons (Fsp3) is 0.583. The Bertz CT molecular complexity index is 269. The molecule has 0 aromatic carbocycles. The molecule has 1 aromatic heterocycles. The molecule has 0 atom stereocenters. The molecule has 84 valence electrons. The second-order valence-corrected chi connectivity index (χ2v) is 4.62. The summed E-state index contributed by atoms with van der Waals surface area (Å²) < 4.78 is 0. The summed E-state index contributed by atoms with van der Waals surface area (Å²) in [5.41, 5.74) is 6.97. The number of nitrogens with one attached hydrogen (secondary N) is 1. The molecule has 0 aliphatic heterocycles. The largest absolute Gasteiger partial charge is 0.330 e. The molecule has 1 heterocycles. The van der Waals surface area contributed by atoms with Crippen molar-refractivity contribution in [1.82, 2.24) is 10.3 Å². The topological polar surface area (TPSA) is 50.9 Å². The van der Waals surface area contributed by atoms with Crippen LogP contribution in [0.25, 0.3) is 0 Å². The molecule has 3 N–H and O–H groups in total. The Kier molecular flexibility index (Phi) is 4.72. The van der Waals surface area contributed by atoms with E-state index in [2.05, 4.69) is 30.2 Å². The van der Waals surface area contributed by atoms with E-state index in [-0.39, 0.29) is 5.41 Å². The van der Waals surface area contributed by atoms with Crippen LogP contribution in [0.4, 0.5) is 0 Å². The van der Waals surface area contributed by atoms with Crippen LogP contribution in [-0.4, -0.2) is 24.6 Å². The Morgan fingerprint density at radius 3 is 2.80 bits per heavy atom. The van der Waals surface area contributed by atoms with Crippen LogP contribution >= 0.6 is 0 Å². The van der Waals surface area contributed by atoms with E-state index >= 15 is 0 Å². The van der Waals surface area contributed by atoms with Gasteiger partial charge in [-0.3, -0.25) is 4.98 Å². The van der Waals surface area contributed by atoms with Crippen molar-refractivity contribution < 1.29 is 0 Å². The maximum absolute atomic E-state index is 5.65. The summed E-state index contributed by atoms with van der Waals surface area (Å²) in [4.78, 5) is 4.27. The van der Waals surface area contributed by atoms with E-state index in [0.29, 0.717) is 6.54 Å². The fourth-order valence-corrected chi connectivity index (χ4v) is 1.26. The molecule has 3 heteroatoms. The average molecular weight is 207 g/mol. The maximum Gasteiger partial charge on any atom is 0.0416 e. The highest BCUT2D eigenvalue weighted by atomic mass is 14.9. The number of pyridine rings is 1. The second-order valence-electron chi connectivity index (χ2n) is 4.62. The third-order valence-corrected chi connectivity index (χ3v) is 2.44. The molecule has 0 unspecified atom stereocenters. The highest BCUT2D eigenvalue weighted by Crippen LogP contribution is 2.09. The third kappa shape index (κ3) is 4.91. The zero-order valence-electron chi connectivity index (χ0n) is 9.66. The molecule has 0 radical (unpaired) electrons. The smallest absolute Gasteiger partial charge is 0.0416 e. The lowest BCUT2D eigenvalue weighted by Crippen LogP contribution is -2.36. The molecule has 0 spiro atoms. The van der Waals surface area contributed by atoms with Gasteiger partial charge in [-0.25, -0.2) is 0 Å². The average Bonchev–Trinajstić information content (AvgIpc) is 2.26. The number of nitrogens with two attached hydrogens (primary N) is 1. The molecular weight excluding hydrogens is 186 g/mol. The number of aromatic nitrogens is 1. The first-order chi connectivity index (χ1) is 7.14. The number of rotatable bonds is 6. The molecule has 0 bridgehead atoms. The van der Waals surface area contributed by atoms with Crippen molar-refractivity contribution in [2.45, 2.75) is 20.3 Å². The van der Waals surface area contributed by atoms with Gasteiger partial charge < -0.3 is 11.1 Å². The Balaban J connectivity index is 2.18. The summed E-state index contributed by atoms with van der Waals surface area (Å²) in [6.45, 7) is 6.96. The van der Waals surface area contributed by atoms with Crippen LogP contribution in [-0.2, 0) is 6.42 Å². The monoisotopic (exact) mass is 207 g/mol. The summed E-state index contributed by atoms with van der Waals surface area (Å²) in [5.74, 6) is 0. The van der Waals surface area contributed by atoms with E-state index in [4.69, 9.17) is 5.73 Å². The molecular formula is C12H21N3. The number of nitrogens with zero attached hydrogens (tertiary/aromatic N) is 1. The molecule has 0 fully saturated rings. The molecule has 0 aliphatic carbocycles. The Morgan fingerprint density at radius 2 is 2.20 bits per heavy atom. The standard InChI is InChI=1S/C12H21N3/c1-12(2,9-13)10-14-8-6-11-5-3-4-7-15-11/h3-5,7,14H,6,8-10,13H2,1-2H3. The summed E-state index contributed by atoms with van der Waals surface area (Å²) in [6, 6.07) is 6.01. The maximum atomic E-state index is 5.65. The fourth-order valence-electron chi connectivity index (χ4n) is 1.26. The Morgan fingerprint density at radius 1 is 1.40 bits per heavy atom. The lowest BCUT2D eigenvalue weighted by molar-refractivity contribution is 0.353. The first-order valence-electron chi connectivity index (χ1n) is 5.45. The van der Waals surface area contributed by atoms with Gasteiger partial charge in [0.25, 0.3) is 0 Å². The van der Waals surface area contributed by atoms with Crippen LogP contribution in [0.1, 0.15) is 19.5 Å². The van der Waals surface area contributed by atoms with Crippen molar-refractivity contribution in [3.63, 3.8) is 0 Å². The van der Waals surface area contributed by atoms with Crippen molar-refractivity contribution in [3.05, 3.63) is 30.1 Å². The van der Waals surface area contributed by atoms with Gasteiger partial charge in [-0.15, -0.1) is 0 Å². The van der Waals surface area contributed by atoms with Gasteiger partial charge in [-0.05, 0) is 24.1 Å². The van der Waals surface area contributed by atoms with Crippen LogP contribution < -0.4 is 11.1 Å². The molecule has 15 heavy (non-hydrogen) atoms. The third-order valence-electron chi connectivity index (χ3n) is 2.44. The zero-order chi connectivity index (χ0) is 11.1. The SMILES string of the molecule is CC(C)(CN)CNCCc1ccccn1. The molecule has 0 aliphatic rings. The Labute approximate surface area is 92.1 Å². The second kappa shape index (κ2) is 5.83. The van der Waals surface area contributed by atoms with Crippen LogP contribution in [0.5, 0.6) is 0 Å². The van der Waals surface area contributed by atoms with E-state index in [1.165, 1.54) is 0 Å². The Hall–Kier alpha value is -0.930. The van der Waals surface area contributed by atoms with Gasteiger partial charge in [-0.1, -0.05) is 19.9 Å². The molecule has 0 saturated carbocycles. The van der Waals surface area contributed by atoms with E-state index in [9.17, 15) is 0 Å². The van der Waals surface area contributed by atoms with Crippen LogP contribution in [0.3, 0.4) is 0 Å². The highest BCUT2D eigenvalue weighted by molar-refractivity contribution is 5.03. The zero-order valence-corrected chi connectivity index (χ0v) is 9.66. The van der Waals surface area contributed by atoms with Gasteiger partial charge in [0, 0.05) is 31.4 Å². The summed E-state index contributed by atoms with van der Waals surface area (Å²) in [6.07, 6.45) is 2.81. The van der Waals surface area contributed by atoms with E-state index in [1.54, 1.807) is 0 Å². The van der Waals surface area contributed by atoms with E-state index in [0.717, 1.165) is 25.2 Å². The van der Waals surface area contributed by atoms with Crippen molar-refractivity contribution in [1.29, 1.82) is 0 Å². The minimum Gasteiger partial charge on any atom is -0.330 e. The van der Waals surface area contributed by atoms with Gasteiger partial charge in [-0.2, -0.15) is 0 Å². The molecule has 1 rings (SSSR count). The first kappa shape index (κ1) is 12.1. The summed E-state index contributed by atoms with van der Waals surface area (Å²) in [7, 11) is 0. The molecule has 1 aromatic rings. The molecule has 0 saturated heterocycles. The summed E-state index contributed by atoms with van der Waals surface area (Å²) >= 11 is 0. The lowest BCUT2D eigenvalue weighted by atomic mass is 9.94. The minimum absolute atomic E-state index is 0.185. The van der Waals surface area contributed by atoms with Gasteiger partial charge in [0.05, 0.1) is 0 Å². The quantitative estimate of drug-likeness (QED) is 0.689. The predicted molar refractivity (Wildman–Crippen MR) is 63.6 cm³/mol. The lowest BCUT2D eigenvalue weighted by Gasteiger charge is -2.22. The van der Waals surface area contributed by atoms with E-state index in [1.807, 2.05) is 18.3 Å². The van der Waals surface area contributed by atoms with Crippen molar-refractivity contribution >= 4 is 0 Å². The number of hydrogen-bond donors (Lipinski definition) is 2. The van der Waals surface area contributed by atoms with E-state index < -0.39 is 0 Å². The first-order valence-corrected chi connectivity index (χ1v) is 5.45. The van der Waals surface area contributed by atoms with Gasteiger partial charge >= 0.3 is 0 Å². The van der Waals surface area contributed by atoms with Crippen LogP contribution in [0, 0.1) is 5.41 Å². The summed E-state index contributed by atoms with van der Waals surface area (Å²) in [5, 5.41) is 3.41. The van der Waals surface area contributed by atoms with Crippen LogP contribution in [0.15, 0.2) is 24.4 Å². The van der Waals surface area contributed by atoms with Gasteiger partial charge in [0.1, 0.15) is 0 Å². The van der Waals surface area contributed by atoms with Crippen LogP contribution in [0.2, 0.25) is 0 Å². The predicted octanol–water partition coefficient (Wildman–Crippen LogP) is 1.20. The van der Waals surface area contributed by atoms with Crippen molar-refractivity contribution in [2.24, 2.45) is 11.1 Å². The van der Waals surface area contributed by atoms with Gasteiger partial charge in [0.15, 0.2) is 0 Å². The van der Waals surface area contributed by atoms with Crippen molar-refractivity contribution in [3.8, 4) is 0 Å². The number of hydrogen-bond acceptors (Lipinski definition) is 3. The normalized spacial score (nSPS) is 11.7. The van der Waals surface area contributed by atoms with Crippen molar-refractivity contribution in [2.75, 3.05) is 19.6 Å². The van der Waals surface area contributed by atoms with Gasteiger partial charge in [0.2, 0.25) is 0 Å². The highest BCUT2D eigenvalue weighted by Gasteiger charge is 2.13.